The Hall–Kier alpha value is -1.22. The summed E-state index contributed by atoms with van der Waals surface area (Å²) in [5.74, 6) is 0.401. The largest absolute Gasteiger partial charge is 0.272 e. The minimum atomic E-state index is -0.596. The molecule has 19 heavy (non-hydrogen) atoms. The predicted molar refractivity (Wildman–Crippen MR) is 81.7 cm³/mol. The summed E-state index contributed by atoms with van der Waals surface area (Å²) in [6, 6.07) is 6.25. The van der Waals surface area contributed by atoms with Crippen molar-refractivity contribution in [1.82, 2.24) is 0 Å². The van der Waals surface area contributed by atoms with E-state index in [1.54, 1.807) is 0 Å². The van der Waals surface area contributed by atoms with Crippen molar-refractivity contribution in [1.29, 1.82) is 5.26 Å². The van der Waals surface area contributed by atoms with Gasteiger partial charge in [0.05, 0.1) is 17.0 Å². The van der Waals surface area contributed by atoms with E-state index in [9.17, 15) is 10.1 Å². The van der Waals surface area contributed by atoms with Gasteiger partial charge in [-0.3, -0.25) is 4.79 Å². The van der Waals surface area contributed by atoms with Gasteiger partial charge < -0.3 is 0 Å². The van der Waals surface area contributed by atoms with Gasteiger partial charge in [-0.05, 0) is 72.4 Å². The van der Waals surface area contributed by atoms with Crippen LogP contribution in [0.15, 0.2) is 17.1 Å². The lowest BCUT2D eigenvalue weighted by Gasteiger charge is -2.29. The molecule has 1 aliphatic carbocycles. The number of benzene rings is 1. The number of nitriles is 1. The van der Waals surface area contributed by atoms with Crippen LogP contribution in [-0.2, 0) is 10.2 Å². The molecule has 0 saturated heterocycles. The fraction of sp³-hybridized carbons (Fsp3) is 0.400. The molecule has 1 aromatic rings. The first-order chi connectivity index (χ1) is 8.95. The average Bonchev–Trinajstić information content (AvgIpc) is 3.19. The third-order valence-corrected chi connectivity index (χ3v) is 4.78. The second-order valence-electron chi connectivity index (χ2n) is 5.70. The SMILES string of the molecule is CC1(C)C(=O)N=C(I)c2cc(C#N)c(C3CC3)cc21. The minimum absolute atomic E-state index is 0.101. The normalized spacial score (nSPS) is 20.5. The average molecular weight is 364 g/mol. The molecule has 3 rings (SSSR count). The zero-order valence-electron chi connectivity index (χ0n) is 10.8. The van der Waals surface area contributed by atoms with Gasteiger partial charge in [0.2, 0.25) is 0 Å². The first kappa shape index (κ1) is 12.8. The molecule has 0 spiro atoms. The zero-order chi connectivity index (χ0) is 13.8. The van der Waals surface area contributed by atoms with Crippen molar-refractivity contribution in [2.24, 2.45) is 4.99 Å². The first-order valence-electron chi connectivity index (χ1n) is 6.32. The monoisotopic (exact) mass is 364 g/mol. The summed E-state index contributed by atoms with van der Waals surface area (Å²) in [5, 5.41) is 9.31. The van der Waals surface area contributed by atoms with Crippen molar-refractivity contribution in [2.75, 3.05) is 0 Å². The Labute approximate surface area is 125 Å². The number of hydrogen-bond acceptors (Lipinski definition) is 2. The number of nitrogens with zero attached hydrogens (tertiary/aromatic N) is 2. The zero-order valence-corrected chi connectivity index (χ0v) is 13.0. The highest BCUT2D eigenvalue weighted by Crippen LogP contribution is 2.45. The highest BCUT2D eigenvalue weighted by Gasteiger charge is 2.38. The van der Waals surface area contributed by atoms with Crippen LogP contribution in [0.3, 0.4) is 0 Å². The Balaban J connectivity index is 2.28. The third kappa shape index (κ3) is 1.91. The lowest BCUT2D eigenvalue weighted by atomic mass is 9.77. The van der Waals surface area contributed by atoms with Gasteiger partial charge in [0.15, 0.2) is 0 Å². The summed E-state index contributed by atoms with van der Waals surface area (Å²) in [5.41, 5.74) is 3.19. The number of carbonyl (C=O) groups is 1. The second-order valence-corrected chi connectivity index (χ2v) is 6.73. The van der Waals surface area contributed by atoms with Gasteiger partial charge in [-0.2, -0.15) is 5.26 Å². The van der Waals surface area contributed by atoms with Crippen molar-refractivity contribution in [3.63, 3.8) is 0 Å². The van der Waals surface area contributed by atoms with Crippen LogP contribution in [0.25, 0.3) is 0 Å². The number of halogens is 1. The quantitative estimate of drug-likeness (QED) is 0.717. The van der Waals surface area contributed by atoms with Gasteiger partial charge in [-0.15, -0.1) is 0 Å². The van der Waals surface area contributed by atoms with Gasteiger partial charge in [-0.25, -0.2) is 4.99 Å². The van der Waals surface area contributed by atoms with E-state index in [0.717, 1.165) is 35.1 Å². The van der Waals surface area contributed by atoms with Crippen LogP contribution in [0.2, 0.25) is 0 Å². The predicted octanol–water partition coefficient (Wildman–Crippen LogP) is 3.44. The molecular weight excluding hydrogens is 351 g/mol. The number of aliphatic imine (C=N–C) groups is 1. The summed E-state index contributed by atoms with van der Waals surface area (Å²) in [6.45, 7) is 3.81. The molecule has 0 atom stereocenters. The molecule has 1 aliphatic heterocycles. The summed E-state index contributed by atoms with van der Waals surface area (Å²) in [6.07, 6.45) is 2.29. The van der Waals surface area contributed by atoms with E-state index >= 15 is 0 Å². The molecule has 1 fully saturated rings. The highest BCUT2D eigenvalue weighted by molar-refractivity contribution is 14.1. The van der Waals surface area contributed by atoms with Crippen molar-refractivity contribution < 1.29 is 4.79 Å². The summed E-state index contributed by atoms with van der Waals surface area (Å²) in [4.78, 5) is 16.2. The summed E-state index contributed by atoms with van der Waals surface area (Å²) < 4.78 is 0.691. The maximum Gasteiger partial charge on any atom is 0.256 e. The first-order valence-corrected chi connectivity index (χ1v) is 7.40. The molecule has 0 aromatic heterocycles. The van der Waals surface area contributed by atoms with Gasteiger partial charge in [0.25, 0.3) is 5.91 Å². The number of hydrogen-bond donors (Lipinski definition) is 0. The standard InChI is InChI=1S/C15H13IN2O/c1-15(2)12-6-10(8-3-4-8)9(7-17)5-11(12)13(16)18-14(15)19/h5-6,8H,3-4H2,1-2H3. The van der Waals surface area contributed by atoms with E-state index in [1.165, 1.54) is 0 Å². The van der Waals surface area contributed by atoms with Gasteiger partial charge in [0, 0.05) is 5.56 Å². The van der Waals surface area contributed by atoms with Crippen LogP contribution in [0.1, 0.15) is 54.9 Å². The van der Waals surface area contributed by atoms with Gasteiger partial charge in [0.1, 0.15) is 3.72 Å². The van der Waals surface area contributed by atoms with Crippen LogP contribution in [0.4, 0.5) is 0 Å². The number of carbonyl (C=O) groups excluding carboxylic acids is 1. The summed E-state index contributed by atoms with van der Waals surface area (Å²) >= 11 is 2.08. The van der Waals surface area contributed by atoms with E-state index in [2.05, 4.69) is 39.7 Å². The molecule has 2 aliphatic rings. The smallest absolute Gasteiger partial charge is 0.256 e. The number of amides is 1. The van der Waals surface area contributed by atoms with Crippen LogP contribution in [0, 0.1) is 11.3 Å². The lowest BCUT2D eigenvalue weighted by Crippen LogP contribution is -2.33. The molecule has 1 amide bonds. The van der Waals surface area contributed by atoms with E-state index in [-0.39, 0.29) is 5.91 Å². The molecule has 0 radical (unpaired) electrons. The fourth-order valence-corrected chi connectivity index (χ4v) is 3.20. The van der Waals surface area contributed by atoms with Crippen molar-refractivity contribution >= 4 is 32.2 Å². The third-order valence-electron chi connectivity index (χ3n) is 3.96. The molecule has 0 unspecified atom stereocenters. The molecule has 4 heteroatoms. The number of fused-ring (bicyclic) bond motifs is 1. The van der Waals surface area contributed by atoms with E-state index in [0.29, 0.717) is 9.64 Å². The molecule has 1 saturated carbocycles. The van der Waals surface area contributed by atoms with Crippen molar-refractivity contribution in [3.8, 4) is 6.07 Å². The highest BCUT2D eigenvalue weighted by atomic mass is 127. The molecular formula is C15H13IN2O. The van der Waals surface area contributed by atoms with Gasteiger partial charge >= 0.3 is 0 Å². The molecule has 96 valence electrons. The van der Waals surface area contributed by atoms with Crippen LogP contribution < -0.4 is 0 Å². The van der Waals surface area contributed by atoms with Crippen LogP contribution >= 0.6 is 22.6 Å². The topological polar surface area (TPSA) is 53.2 Å². The Morgan fingerprint density at radius 3 is 2.68 bits per heavy atom. The van der Waals surface area contributed by atoms with Gasteiger partial charge in [-0.1, -0.05) is 6.07 Å². The van der Waals surface area contributed by atoms with Crippen LogP contribution in [0.5, 0.6) is 0 Å². The van der Waals surface area contributed by atoms with Crippen molar-refractivity contribution in [2.45, 2.75) is 38.0 Å². The molecule has 3 nitrogen and oxygen atoms in total. The van der Waals surface area contributed by atoms with Crippen LogP contribution in [-0.4, -0.2) is 9.63 Å². The minimum Gasteiger partial charge on any atom is -0.272 e. The van der Waals surface area contributed by atoms with E-state index in [1.807, 2.05) is 19.9 Å². The number of rotatable bonds is 1. The molecule has 1 heterocycles. The molecule has 0 N–H and O–H groups in total. The Morgan fingerprint density at radius 2 is 2.11 bits per heavy atom. The Bertz CT molecular complexity index is 663. The van der Waals surface area contributed by atoms with E-state index < -0.39 is 5.41 Å². The fourth-order valence-electron chi connectivity index (χ4n) is 2.54. The maximum absolute atomic E-state index is 12.1. The van der Waals surface area contributed by atoms with Crippen molar-refractivity contribution in [3.05, 3.63) is 34.4 Å². The molecule has 1 aromatic carbocycles. The van der Waals surface area contributed by atoms with E-state index in [4.69, 9.17) is 0 Å². The Morgan fingerprint density at radius 1 is 1.42 bits per heavy atom. The maximum atomic E-state index is 12.1. The molecule has 0 bridgehead atoms. The Kier molecular flexibility index (Phi) is 2.79. The summed E-state index contributed by atoms with van der Waals surface area (Å²) in [7, 11) is 0. The second kappa shape index (κ2) is 4.14. The lowest BCUT2D eigenvalue weighted by molar-refractivity contribution is -0.122.